The molecule has 206 valence electrons. The van der Waals surface area contributed by atoms with Gasteiger partial charge in [0.25, 0.3) is 5.91 Å². The summed E-state index contributed by atoms with van der Waals surface area (Å²) in [4.78, 5) is 23.2. The Labute approximate surface area is 223 Å². The van der Waals surface area contributed by atoms with Crippen LogP contribution in [0.1, 0.15) is 59.2 Å². The second kappa shape index (κ2) is 11.2. The van der Waals surface area contributed by atoms with Crippen molar-refractivity contribution in [2.45, 2.75) is 64.1 Å². The molecule has 2 aromatic heterocycles. The maximum atomic E-state index is 13.0. The molecule has 12 heteroatoms. The summed E-state index contributed by atoms with van der Waals surface area (Å²) in [5.74, 6) is -0.699. The molecule has 0 aliphatic heterocycles. The summed E-state index contributed by atoms with van der Waals surface area (Å²) in [6.07, 6.45) is -3.05. The SMILES string of the molecule is CCS(=O)(=O)c1ccc(CNC(=O)c2sc3nc(C)nc(OC[C@H]4CC[C@H](C(F)(F)F)CC4)c3c2C)cc1. The summed E-state index contributed by atoms with van der Waals surface area (Å²) in [7, 11) is -3.29. The number of sulfone groups is 1. The maximum Gasteiger partial charge on any atom is 0.391 e. The van der Waals surface area contributed by atoms with Crippen molar-refractivity contribution in [1.82, 2.24) is 15.3 Å². The zero-order chi connectivity index (χ0) is 27.7. The minimum absolute atomic E-state index is 0.0133. The first-order valence-corrected chi connectivity index (χ1v) is 14.9. The van der Waals surface area contributed by atoms with Crippen molar-refractivity contribution >= 4 is 37.3 Å². The minimum Gasteiger partial charge on any atom is -0.477 e. The van der Waals surface area contributed by atoms with Crippen LogP contribution in [0.3, 0.4) is 0 Å². The van der Waals surface area contributed by atoms with Crippen LogP contribution in [-0.4, -0.2) is 42.8 Å². The first-order valence-electron chi connectivity index (χ1n) is 12.5. The smallest absolute Gasteiger partial charge is 0.391 e. The summed E-state index contributed by atoms with van der Waals surface area (Å²) >= 11 is 1.22. The van der Waals surface area contributed by atoms with Crippen molar-refractivity contribution < 1.29 is 31.1 Å². The van der Waals surface area contributed by atoms with E-state index in [1.54, 1.807) is 32.9 Å². The van der Waals surface area contributed by atoms with E-state index < -0.39 is 21.9 Å². The van der Waals surface area contributed by atoms with Gasteiger partial charge in [-0.3, -0.25) is 4.79 Å². The van der Waals surface area contributed by atoms with E-state index in [9.17, 15) is 26.4 Å². The van der Waals surface area contributed by atoms with Gasteiger partial charge in [0.2, 0.25) is 5.88 Å². The highest BCUT2D eigenvalue weighted by atomic mass is 32.2. The Morgan fingerprint density at radius 2 is 1.76 bits per heavy atom. The molecule has 7 nitrogen and oxygen atoms in total. The average molecular weight is 570 g/mol. The Balaban J connectivity index is 1.44. The molecule has 1 amide bonds. The highest BCUT2D eigenvalue weighted by Crippen LogP contribution is 2.40. The van der Waals surface area contributed by atoms with Gasteiger partial charge in [0, 0.05) is 6.54 Å². The van der Waals surface area contributed by atoms with Crippen LogP contribution in [0.4, 0.5) is 13.2 Å². The monoisotopic (exact) mass is 569 g/mol. The van der Waals surface area contributed by atoms with Gasteiger partial charge in [-0.1, -0.05) is 19.1 Å². The van der Waals surface area contributed by atoms with E-state index in [-0.39, 0.29) is 48.5 Å². The number of carbonyl (C=O) groups is 1. The van der Waals surface area contributed by atoms with Gasteiger partial charge in [0.1, 0.15) is 10.7 Å². The van der Waals surface area contributed by atoms with E-state index in [2.05, 4.69) is 15.3 Å². The van der Waals surface area contributed by atoms with Crippen molar-refractivity contribution in [3.05, 3.63) is 46.1 Å². The molecule has 38 heavy (non-hydrogen) atoms. The zero-order valence-corrected chi connectivity index (χ0v) is 23.0. The number of rotatable bonds is 8. The molecule has 4 rings (SSSR count). The van der Waals surface area contributed by atoms with E-state index in [4.69, 9.17) is 4.74 Å². The summed E-state index contributed by atoms with van der Waals surface area (Å²) in [5.41, 5.74) is 1.43. The summed E-state index contributed by atoms with van der Waals surface area (Å²) in [5, 5.41) is 3.49. The maximum absolute atomic E-state index is 13.0. The number of amides is 1. The lowest BCUT2D eigenvalue weighted by molar-refractivity contribution is -0.184. The van der Waals surface area contributed by atoms with Gasteiger partial charge in [-0.2, -0.15) is 18.2 Å². The van der Waals surface area contributed by atoms with Gasteiger partial charge in [-0.25, -0.2) is 13.4 Å². The number of carbonyl (C=O) groups excluding carboxylic acids is 1. The number of aryl methyl sites for hydroxylation is 2. The minimum atomic E-state index is -4.15. The lowest BCUT2D eigenvalue weighted by atomic mass is 9.82. The molecular formula is C26H30F3N3O4S2. The van der Waals surface area contributed by atoms with E-state index in [1.807, 2.05) is 0 Å². The topological polar surface area (TPSA) is 98.2 Å². The zero-order valence-electron chi connectivity index (χ0n) is 21.4. The number of hydrogen-bond acceptors (Lipinski definition) is 7. The number of hydrogen-bond donors (Lipinski definition) is 1. The Morgan fingerprint density at radius 1 is 1.11 bits per heavy atom. The van der Waals surface area contributed by atoms with Crippen molar-refractivity contribution in [2.75, 3.05) is 12.4 Å². The Hall–Kier alpha value is -2.73. The quantitative estimate of drug-likeness (QED) is 0.369. The fourth-order valence-electron chi connectivity index (χ4n) is 4.62. The van der Waals surface area contributed by atoms with Crippen LogP contribution in [0.15, 0.2) is 29.2 Å². The normalized spacial score (nSPS) is 18.5. The number of halogens is 3. The van der Waals surface area contributed by atoms with Gasteiger partial charge in [-0.15, -0.1) is 11.3 Å². The van der Waals surface area contributed by atoms with Crippen LogP contribution in [-0.2, 0) is 16.4 Å². The first kappa shape index (κ1) is 28.3. The van der Waals surface area contributed by atoms with Gasteiger partial charge in [0.05, 0.1) is 33.4 Å². The third-order valence-corrected chi connectivity index (χ3v) is 9.89. The molecule has 0 atom stereocenters. The number of benzene rings is 1. The highest BCUT2D eigenvalue weighted by molar-refractivity contribution is 7.91. The molecule has 1 aromatic carbocycles. The largest absolute Gasteiger partial charge is 0.477 e. The number of alkyl halides is 3. The van der Waals surface area contributed by atoms with Gasteiger partial charge in [0.15, 0.2) is 9.84 Å². The number of thiophene rings is 1. The molecule has 2 heterocycles. The van der Waals surface area contributed by atoms with Crippen LogP contribution in [0.2, 0.25) is 0 Å². The third kappa shape index (κ3) is 6.28. The molecule has 1 N–H and O–H groups in total. The Bertz CT molecular complexity index is 1410. The molecule has 1 saturated carbocycles. The van der Waals surface area contributed by atoms with Crippen molar-refractivity contribution in [1.29, 1.82) is 0 Å². The summed E-state index contributed by atoms with van der Waals surface area (Å²) in [6, 6.07) is 6.40. The highest BCUT2D eigenvalue weighted by Gasteiger charge is 2.41. The lowest BCUT2D eigenvalue weighted by Gasteiger charge is -2.29. The molecule has 0 saturated heterocycles. The van der Waals surface area contributed by atoms with E-state index in [0.717, 1.165) is 5.56 Å². The molecule has 1 aliphatic carbocycles. The molecule has 0 bridgehead atoms. The predicted octanol–water partition coefficient (Wildman–Crippen LogP) is 5.78. The van der Waals surface area contributed by atoms with Gasteiger partial charge >= 0.3 is 6.18 Å². The Morgan fingerprint density at radius 3 is 2.37 bits per heavy atom. The fraction of sp³-hybridized carbons (Fsp3) is 0.500. The fourth-order valence-corrected chi connectivity index (χ4v) is 6.64. The summed E-state index contributed by atoms with van der Waals surface area (Å²) < 4.78 is 68.9. The number of ether oxygens (including phenoxy) is 1. The van der Waals surface area contributed by atoms with Crippen molar-refractivity contribution in [3.8, 4) is 5.88 Å². The van der Waals surface area contributed by atoms with Crippen LogP contribution < -0.4 is 10.1 Å². The van der Waals surface area contributed by atoms with E-state index >= 15 is 0 Å². The predicted molar refractivity (Wildman–Crippen MR) is 139 cm³/mol. The summed E-state index contributed by atoms with van der Waals surface area (Å²) in [6.45, 7) is 5.57. The third-order valence-electron chi connectivity index (χ3n) is 6.96. The number of fused-ring (bicyclic) bond motifs is 1. The molecule has 0 unspecified atom stereocenters. The van der Waals surface area contributed by atoms with Crippen LogP contribution in [0, 0.1) is 25.7 Å². The van der Waals surface area contributed by atoms with E-state index in [0.29, 0.717) is 45.2 Å². The molecule has 1 aliphatic rings. The first-order chi connectivity index (χ1) is 17.9. The molecule has 0 radical (unpaired) electrons. The number of nitrogens with one attached hydrogen (secondary N) is 1. The van der Waals surface area contributed by atoms with Gasteiger partial charge in [-0.05, 0) is 68.7 Å². The number of nitrogens with zero attached hydrogens (tertiary/aromatic N) is 2. The second-order valence-electron chi connectivity index (χ2n) is 9.61. The van der Waals surface area contributed by atoms with Crippen molar-refractivity contribution in [3.63, 3.8) is 0 Å². The number of aromatic nitrogens is 2. The Kier molecular flexibility index (Phi) is 8.32. The van der Waals surface area contributed by atoms with Crippen molar-refractivity contribution in [2.24, 2.45) is 11.8 Å². The molecule has 3 aromatic rings. The second-order valence-corrected chi connectivity index (χ2v) is 12.9. The molecule has 0 spiro atoms. The van der Waals surface area contributed by atoms with Crippen LogP contribution in [0.25, 0.3) is 10.2 Å². The van der Waals surface area contributed by atoms with Gasteiger partial charge < -0.3 is 10.1 Å². The molecule has 1 fully saturated rings. The van der Waals surface area contributed by atoms with E-state index in [1.165, 1.54) is 23.5 Å². The molecular weight excluding hydrogens is 539 g/mol. The standard InChI is InChI=1S/C26H30F3N3O4S2/c1-4-38(34,35)20-11-7-17(8-12-20)13-30-23(33)22-15(2)21-24(31-16(3)32-25(21)37-22)36-14-18-5-9-19(10-6-18)26(27,28)29/h7-8,11-12,18-19H,4-6,9-10,13-14H2,1-3H3,(H,30,33)/t18-,19-. The lowest BCUT2D eigenvalue weighted by Crippen LogP contribution is -2.29. The van der Waals surface area contributed by atoms with Crippen LogP contribution >= 0.6 is 11.3 Å². The van der Waals surface area contributed by atoms with Crippen LogP contribution in [0.5, 0.6) is 5.88 Å². The average Bonchev–Trinajstić information content (AvgIpc) is 3.21.